The molecule has 1 aliphatic heterocycles. The Morgan fingerprint density at radius 2 is 1.70 bits per heavy atom. The van der Waals surface area contributed by atoms with Crippen molar-refractivity contribution in [2.24, 2.45) is 0 Å². The van der Waals surface area contributed by atoms with E-state index in [9.17, 15) is 23.8 Å². The van der Waals surface area contributed by atoms with Crippen LogP contribution in [0, 0.1) is 21.4 Å². The quantitative estimate of drug-likeness (QED) is 0.306. The Hall–Kier alpha value is -3.78. The number of nitro groups is 1. The summed E-state index contributed by atoms with van der Waals surface area (Å²) in [5.41, 5.74) is 1.44. The second kappa shape index (κ2) is 9.38. The molecule has 0 aliphatic carbocycles. The Morgan fingerprint density at radius 3 is 2.30 bits per heavy atom. The van der Waals surface area contributed by atoms with Crippen LogP contribution in [-0.2, 0) is 14.8 Å². The summed E-state index contributed by atoms with van der Waals surface area (Å²) < 4.78 is 38.0. The molecule has 0 unspecified atom stereocenters. The van der Waals surface area contributed by atoms with Gasteiger partial charge in [-0.3, -0.25) is 10.1 Å². The highest BCUT2D eigenvalue weighted by molar-refractivity contribution is 7.89. The van der Waals surface area contributed by atoms with Gasteiger partial charge in [0.2, 0.25) is 10.0 Å². The molecule has 0 spiro atoms. The second-order valence-electron chi connectivity index (χ2n) is 7.22. The predicted molar refractivity (Wildman–Crippen MR) is 120 cm³/mol. The summed E-state index contributed by atoms with van der Waals surface area (Å²) in [6.45, 7) is 1.41. The summed E-state index contributed by atoms with van der Waals surface area (Å²) in [7, 11) is -3.58. The van der Waals surface area contributed by atoms with Crippen molar-refractivity contribution in [2.75, 3.05) is 26.3 Å². The molecular weight excluding hydrogens is 446 g/mol. The minimum absolute atomic E-state index is 0.0598. The van der Waals surface area contributed by atoms with Gasteiger partial charge in [-0.2, -0.15) is 9.57 Å². The molecule has 1 saturated heterocycles. The molecule has 4 rings (SSSR count). The maximum atomic E-state index is 12.8. The van der Waals surface area contributed by atoms with E-state index in [1.165, 1.54) is 40.7 Å². The molecule has 0 saturated carbocycles. The second-order valence-corrected chi connectivity index (χ2v) is 9.15. The minimum atomic E-state index is -3.58. The van der Waals surface area contributed by atoms with E-state index in [-0.39, 0.29) is 16.2 Å². The van der Waals surface area contributed by atoms with Crippen molar-refractivity contribution in [3.8, 4) is 17.4 Å². The number of ether oxygens (including phenoxy) is 1. The molecule has 2 heterocycles. The molecule has 1 aromatic heterocycles. The van der Waals surface area contributed by atoms with E-state index in [2.05, 4.69) is 6.07 Å². The molecule has 0 N–H and O–H groups in total. The molecule has 1 fully saturated rings. The molecule has 0 amide bonds. The first kappa shape index (κ1) is 22.4. The lowest BCUT2D eigenvalue weighted by molar-refractivity contribution is -0.384. The molecule has 1 aliphatic rings. The van der Waals surface area contributed by atoms with Crippen LogP contribution in [-0.4, -0.2) is 43.9 Å². The number of nitrogens with zero attached hydrogens (tertiary/aromatic N) is 3. The number of non-ortho nitro benzene ring substituents is 1. The summed E-state index contributed by atoms with van der Waals surface area (Å²) >= 11 is 0. The number of furan rings is 1. The molecular formula is C23H19N3O6S. The summed E-state index contributed by atoms with van der Waals surface area (Å²) in [6.07, 6.45) is 1.54. The molecule has 3 aromatic rings. The third-order valence-electron chi connectivity index (χ3n) is 5.17. The number of benzene rings is 2. The third-order valence-corrected chi connectivity index (χ3v) is 7.08. The van der Waals surface area contributed by atoms with Gasteiger partial charge in [0.05, 0.1) is 34.7 Å². The van der Waals surface area contributed by atoms with Crippen LogP contribution in [0.25, 0.3) is 23.0 Å². The monoisotopic (exact) mass is 465 g/mol. The smallest absolute Gasteiger partial charge is 0.269 e. The first-order valence-electron chi connectivity index (χ1n) is 10.0. The summed E-state index contributed by atoms with van der Waals surface area (Å²) in [5, 5.41) is 20.3. The average molecular weight is 465 g/mol. The lowest BCUT2D eigenvalue weighted by Gasteiger charge is -2.26. The number of hydrogen-bond acceptors (Lipinski definition) is 7. The van der Waals surface area contributed by atoms with Crippen molar-refractivity contribution in [3.63, 3.8) is 0 Å². The Labute approximate surface area is 190 Å². The minimum Gasteiger partial charge on any atom is -0.457 e. The topological polar surface area (TPSA) is 127 Å². The van der Waals surface area contributed by atoms with E-state index < -0.39 is 14.9 Å². The van der Waals surface area contributed by atoms with E-state index in [0.29, 0.717) is 49.0 Å². The lowest BCUT2D eigenvalue weighted by Crippen LogP contribution is -2.40. The SMILES string of the molecule is N#CC(=Cc1ccc(-c2ccc(S(=O)(=O)N3CCOCC3)cc2)o1)c1ccc([N+](=O)[O-])cc1. The maximum Gasteiger partial charge on any atom is 0.269 e. The van der Waals surface area contributed by atoms with Gasteiger partial charge in [0.15, 0.2) is 0 Å². The van der Waals surface area contributed by atoms with Crippen molar-refractivity contribution < 1.29 is 22.5 Å². The van der Waals surface area contributed by atoms with Gasteiger partial charge in [-0.05, 0) is 60.2 Å². The molecule has 0 atom stereocenters. The van der Waals surface area contributed by atoms with Crippen LogP contribution >= 0.6 is 0 Å². The zero-order valence-corrected chi connectivity index (χ0v) is 18.2. The Morgan fingerprint density at radius 1 is 1.03 bits per heavy atom. The highest BCUT2D eigenvalue weighted by Crippen LogP contribution is 2.27. The number of allylic oxidation sites excluding steroid dienone is 1. The van der Waals surface area contributed by atoms with Crippen molar-refractivity contribution in [3.05, 3.63) is 82.1 Å². The Kier molecular flexibility index (Phi) is 6.37. The fourth-order valence-corrected chi connectivity index (χ4v) is 4.81. The number of nitro benzene ring substituents is 1. The highest BCUT2D eigenvalue weighted by Gasteiger charge is 2.26. The zero-order chi connectivity index (χ0) is 23.4. The van der Waals surface area contributed by atoms with Crippen LogP contribution < -0.4 is 0 Å². The van der Waals surface area contributed by atoms with Gasteiger partial charge in [0, 0.05) is 30.8 Å². The van der Waals surface area contributed by atoms with Gasteiger partial charge in [-0.1, -0.05) is 0 Å². The maximum absolute atomic E-state index is 12.8. The van der Waals surface area contributed by atoms with Gasteiger partial charge >= 0.3 is 0 Å². The van der Waals surface area contributed by atoms with E-state index in [4.69, 9.17) is 9.15 Å². The molecule has 0 bridgehead atoms. The Balaban J connectivity index is 1.54. The average Bonchev–Trinajstić information content (AvgIpc) is 3.32. The molecule has 0 radical (unpaired) electrons. The number of rotatable bonds is 6. The van der Waals surface area contributed by atoms with Gasteiger partial charge in [0.1, 0.15) is 11.5 Å². The number of hydrogen-bond donors (Lipinski definition) is 0. The zero-order valence-electron chi connectivity index (χ0n) is 17.4. The van der Waals surface area contributed by atoms with Crippen LogP contribution in [0.5, 0.6) is 0 Å². The normalized spacial score (nSPS) is 15.2. The van der Waals surface area contributed by atoms with Crippen LogP contribution in [0.3, 0.4) is 0 Å². The largest absolute Gasteiger partial charge is 0.457 e. The highest BCUT2D eigenvalue weighted by atomic mass is 32.2. The number of nitriles is 1. The first-order valence-corrected chi connectivity index (χ1v) is 11.5. The van der Waals surface area contributed by atoms with Crippen LogP contribution in [0.1, 0.15) is 11.3 Å². The molecule has 2 aromatic carbocycles. The van der Waals surface area contributed by atoms with Gasteiger partial charge < -0.3 is 9.15 Å². The van der Waals surface area contributed by atoms with Gasteiger partial charge in [-0.15, -0.1) is 0 Å². The van der Waals surface area contributed by atoms with Gasteiger partial charge in [0.25, 0.3) is 5.69 Å². The van der Waals surface area contributed by atoms with Crippen LogP contribution in [0.4, 0.5) is 5.69 Å². The number of morpholine rings is 1. The van der Waals surface area contributed by atoms with Crippen LogP contribution in [0.15, 0.2) is 70.0 Å². The summed E-state index contributed by atoms with van der Waals surface area (Å²) in [4.78, 5) is 10.5. The van der Waals surface area contributed by atoms with E-state index in [0.717, 1.165) is 0 Å². The van der Waals surface area contributed by atoms with E-state index >= 15 is 0 Å². The molecule has 33 heavy (non-hydrogen) atoms. The third kappa shape index (κ3) is 4.85. The fourth-order valence-electron chi connectivity index (χ4n) is 3.40. The summed E-state index contributed by atoms with van der Waals surface area (Å²) in [5.74, 6) is 0.933. The standard InChI is InChI=1S/C23H19N3O6S/c24-16-19(17-1-5-20(6-2-17)26(27)28)15-21-7-10-23(32-21)18-3-8-22(9-4-18)33(29,30)25-11-13-31-14-12-25/h1-10,15H,11-14H2. The van der Waals surface area contributed by atoms with Crippen molar-refractivity contribution in [1.82, 2.24) is 4.31 Å². The van der Waals surface area contributed by atoms with E-state index in [1.807, 2.05) is 0 Å². The van der Waals surface area contributed by atoms with Crippen molar-refractivity contribution in [2.45, 2.75) is 4.90 Å². The molecule has 10 heteroatoms. The van der Waals surface area contributed by atoms with E-state index in [1.54, 1.807) is 30.3 Å². The lowest BCUT2D eigenvalue weighted by atomic mass is 10.1. The predicted octanol–water partition coefficient (Wildman–Crippen LogP) is 3.94. The van der Waals surface area contributed by atoms with Gasteiger partial charge in [-0.25, -0.2) is 8.42 Å². The van der Waals surface area contributed by atoms with Crippen molar-refractivity contribution >= 4 is 27.4 Å². The summed E-state index contributed by atoms with van der Waals surface area (Å²) in [6, 6.07) is 17.6. The van der Waals surface area contributed by atoms with Crippen molar-refractivity contribution in [1.29, 1.82) is 5.26 Å². The Bertz CT molecular complexity index is 1330. The fraction of sp³-hybridized carbons (Fsp3) is 0.174. The number of sulfonamides is 1. The first-order chi connectivity index (χ1) is 15.9. The molecule has 9 nitrogen and oxygen atoms in total. The molecule has 168 valence electrons. The van der Waals surface area contributed by atoms with Crippen LogP contribution in [0.2, 0.25) is 0 Å².